The fourth-order valence-electron chi connectivity index (χ4n) is 6.19. The number of hydrogen-bond donors (Lipinski definition) is 2. The summed E-state index contributed by atoms with van der Waals surface area (Å²) in [5.74, 6) is -3.04. The number of likely N-dealkylation sites (tertiary alicyclic amines) is 1. The zero-order valence-electron chi connectivity index (χ0n) is 19.6. The number of aliphatic hydroxyl groups excluding tert-OH is 1. The summed E-state index contributed by atoms with van der Waals surface area (Å²) in [6, 6.07) is 7.68. The molecule has 2 N–H and O–H groups in total. The third kappa shape index (κ3) is 3.94. The van der Waals surface area contributed by atoms with Crippen LogP contribution in [0.4, 0.5) is 0 Å². The van der Waals surface area contributed by atoms with Crippen LogP contribution < -0.4 is 0 Å². The molecule has 6 atom stereocenters. The van der Waals surface area contributed by atoms with Crippen LogP contribution in [0.5, 0.6) is 0 Å². The van der Waals surface area contributed by atoms with Crippen molar-refractivity contribution in [1.82, 2.24) is 9.80 Å². The average Bonchev–Trinajstić information content (AvgIpc) is 3.47. The van der Waals surface area contributed by atoms with E-state index in [9.17, 15) is 24.6 Å². The van der Waals surface area contributed by atoms with E-state index in [1.54, 1.807) is 11.0 Å². The molecule has 8 heteroatoms. The van der Waals surface area contributed by atoms with Crippen LogP contribution in [-0.4, -0.2) is 73.5 Å². The van der Waals surface area contributed by atoms with Crippen LogP contribution in [0, 0.1) is 11.8 Å². The van der Waals surface area contributed by atoms with Gasteiger partial charge in [-0.05, 0) is 24.8 Å². The number of hydrogen-bond acceptors (Lipinski definition) is 5. The van der Waals surface area contributed by atoms with Gasteiger partial charge in [0.05, 0.1) is 29.2 Å². The van der Waals surface area contributed by atoms with E-state index < -0.39 is 34.6 Å². The van der Waals surface area contributed by atoms with Crippen LogP contribution in [-0.2, 0) is 14.4 Å². The second-order valence-corrected chi connectivity index (χ2v) is 11.1. The molecule has 34 heavy (non-hydrogen) atoms. The predicted octanol–water partition coefficient (Wildman–Crippen LogP) is 3.10. The van der Waals surface area contributed by atoms with Crippen LogP contribution in [0.25, 0.3) is 0 Å². The van der Waals surface area contributed by atoms with E-state index in [0.29, 0.717) is 25.9 Å². The molecule has 184 valence electrons. The van der Waals surface area contributed by atoms with E-state index in [1.165, 1.54) is 16.7 Å². The normalized spacial score (nSPS) is 30.3. The molecule has 0 radical (unpaired) electrons. The van der Waals surface area contributed by atoms with Gasteiger partial charge in [-0.15, -0.1) is 18.3 Å². The van der Waals surface area contributed by atoms with Gasteiger partial charge in [0, 0.05) is 18.3 Å². The molecule has 3 aliphatic rings. The maximum Gasteiger partial charge on any atom is 0.308 e. The third-order valence-corrected chi connectivity index (χ3v) is 9.59. The minimum atomic E-state index is -0.975. The first-order valence-corrected chi connectivity index (χ1v) is 13.1. The largest absolute Gasteiger partial charge is 0.481 e. The Kier molecular flexibility index (Phi) is 7.38. The highest BCUT2D eigenvalue weighted by atomic mass is 32.2. The van der Waals surface area contributed by atoms with Gasteiger partial charge in [0.25, 0.3) is 0 Å². The van der Waals surface area contributed by atoms with Crippen LogP contribution in [0.1, 0.15) is 50.6 Å². The molecule has 1 spiro atoms. The molecule has 2 amide bonds. The highest BCUT2D eigenvalue weighted by Crippen LogP contribution is 2.67. The summed E-state index contributed by atoms with van der Waals surface area (Å²) in [7, 11) is 0. The number of carbonyl (C=O) groups is 3. The fourth-order valence-corrected chi connectivity index (χ4v) is 8.38. The van der Waals surface area contributed by atoms with Crippen molar-refractivity contribution in [3.63, 3.8) is 0 Å². The highest BCUT2D eigenvalue weighted by molar-refractivity contribution is 8.02. The van der Waals surface area contributed by atoms with Gasteiger partial charge in [0.15, 0.2) is 0 Å². The molecular weight excluding hydrogens is 452 g/mol. The predicted molar refractivity (Wildman–Crippen MR) is 131 cm³/mol. The first kappa shape index (κ1) is 24.8. The quantitative estimate of drug-likeness (QED) is 0.368. The summed E-state index contributed by atoms with van der Waals surface area (Å²) in [4.78, 5) is 43.7. The van der Waals surface area contributed by atoms with Gasteiger partial charge >= 0.3 is 5.97 Å². The second kappa shape index (κ2) is 10.1. The Hall–Kier alpha value is -2.32. The summed E-state index contributed by atoms with van der Waals surface area (Å²) in [5.41, 5.74) is 0.736. The Morgan fingerprint density at radius 1 is 1.32 bits per heavy atom. The number of rotatable bonds is 11. The molecule has 0 aromatic heterocycles. The first-order chi connectivity index (χ1) is 16.4. The van der Waals surface area contributed by atoms with Crippen molar-refractivity contribution in [1.29, 1.82) is 0 Å². The van der Waals surface area contributed by atoms with Crippen LogP contribution >= 0.6 is 11.8 Å². The van der Waals surface area contributed by atoms with E-state index in [1.807, 2.05) is 30.3 Å². The zero-order chi connectivity index (χ0) is 24.5. The molecule has 1 aromatic carbocycles. The second-order valence-electron chi connectivity index (χ2n) is 9.53. The molecule has 2 unspecified atom stereocenters. The number of fused-ring (bicyclic) bond motifs is 1. The van der Waals surface area contributed by atoms with E-state index in [4.69, 9.17) is 0 Å². The number of nitrogens with zero attached hydrogens (tertiary/aromatic N) is 2. The molecule has 2 bridgehead atoms. The van der Waals surface area contributed by atoms with E-state index in [0.717, 1.165) is 24.8 Å². The van der Waals surface area contributed by atoms with Gasteiger partial charge in [-0.25, -0.2) is 0 Å². The molecule has 7 nitrogen and oxygen atoms in total. The maximum absolute atomic E-state index is 14.2. The minimum absolute atomic E-state index is 0.166. The lowest BCUT2D eigenvalue weighted by Crippen LogP contribution is -2.55. The van der Waals surface area contributed by atoms with Gasteiger partial charge in [0.2, 0.25) is 11.8 Å². The van der Waals surface area contributed by atoms with Crippen molar-refractivity contribution >= 4 is 29.5 Å². The number of benzene rings is 1. The molecular formula is C26H34N2O5S. The molecule has 3 saturated heterocycles. The fraction of sp³-hybridized carbons (Fsp3) is 0.577. The number of carboxylic acids is 1. The molecule has 0 aliphatic carbocycles. The van der Waals surface area contributed by atoms with Crippen molar-refractivity contribution in [3.8, 4) is 0 Å². The van der Waals surface area contributed by atoms with Gasteiger partial charge < -0.3 is 20.0 Å². The van der Waals surface area contributed by atoms with E-state index in [2.05, 4.69) is 13.5 Å². The molecule has 3 fully saturated rings. The van der Waals surface area contributed by atoms with Crippen LogP contribution in [0.3, 0.4) is 0 Å². The standard InChI is InChI=1S/C26H34N2O5S/c1-3-5-9-15-27(14-4-2)24(31)22-26-13-12-19(34-26)20(25(32)33)21(26)23(30)28(22)18(16-29)17-10-7-6-8-11-17/h4,6-8,10-11,18-22,29H,2-3,5,9,12-16H2,1H3,(H,32,33)/t18-,19-,20+,21+,22?,26?/m1/s1. The average molecular weight is 487 g/mol. The number of unbranched alkanes of at least 4 members (excludes halogenated alkanes) is 2. The lowest BCUT2D eigenvalue weighted by Gasteiger charge is -2.39. The topological polar surface area (TPSA) is 98.2 Å². The van der Waals surface area contributed by atoms with Gasteiger partial charge in [-0.2, -0.15) is 0 Å². The molecule has 0 saturated carbocycles. The van der Waals surface area contributed by atoms with Gasteiger partial charge in [-0.1, -0.05) is 56.2 Å². The van der Waals surface area contributed by atoms with Crippen LogP contribution in [0.15, 0.2) is 43.0 Å². The Balaban J connectivity index is 1.79. The number of aliphatic carboxylic acids is 1. The smallest absolute Gasteiger partial charge is 0.308 e. The summed E-state index contributed by atoms with van der Waals surface area (Å²) in [6.45, 7) is 6.51. The number of thioether (sulfide) groups is 1. The molecule has 3 heterocycles. The SMILES string of the molecule is C=CCN(CCCCC)C(=O)C1N([C@H](CO)c2ccccc2)C(=O)[C@@H]2[C@@H](C(=O)O)[C@H]3CCC12S3. The van der Waals surface area contributed by atoms with E-state index >= 15 is 0 Å². The van der Waals surface area contributed by atoms with Crippen molar-refractivity contribution < 1.29 is 24.6 Å². The Morgan fingerprint density at radius 2 is 2.06 bits per heavy atom. The van der Waals surface area contributed by atoms with Crippen molar-refractivity contribution in [2.75, 3.05) is 19.7 Å². The Labute approximate surface area is 205 Å². The Bertz CT molecular complexity index is 940. The van der Waals surface area contributed by atoms with Crippen molar-refractivity contribution in [3.05, 3.63) is 48.6 Å². The summed E-state index contributed by atoms with van der Waals surface area (Å²) < 4.78 is -0.783. The molecule has 1 aromatic rings. The first-order valence-electron chi connectivity index (χ1n) is 12.2. The van der Waals surface area contributed by atoms with E-state index in [-0.39, 0.29) is 23.7 Å². The molecule has 4 rings (SSSR count). The monoisotopic (exact) mass is 486 g/mol. The third-order valence-electron chi connectivity index (χ3n) is 7.64. The maximum atomic E-state index is 14.2. The summed E-state index contributed by atoms with van der Waals surface area (Å²) in [6.07, 6.45) is 5.86. The van der Waals surface area contributed by atoms with Gasteiger partial charge in [-0.3, -0.25) is 14.4 Å². The van der Waals surface area contributed by atoms with Crippen molar-refractivity contribution in [2.24, 2.45) is 11.8 Å². The highest BCUT2D eigenvalue weighted by Gasteiger charge is 2.74. The lowest BCUT2D eigenvalue weighted by molar-refractivity contribution is -0.150. The van der Waals surface area contributed by atoms with Crippen LogP contribution in [0.2, 0.25) is 0 Å². The minimum Gasteiger partial charge on any atom is -0.481 e. The number of carbonyl (C=O) groups excluding carboxylic acids is 2. The Morgan fingerprint density at radius 3 is 2.68 bits per heavy atom. The number of amides is 2. The van der Waals surface area contributed by atoms with Gasteiger partial charge in [0.1, 0.15) is 6.04 Å². The number of carboxylic acid groups (broad SMARTS) is 1. The summed E-state index contributed by atoms with van der Waals surface area (Å²) >= 11 is 1.52. The van der Waals surface area contributed by atoms with Crippen molar-refractivity contribution in [2.45, 2.75) is 61.1 Å². The number of aliphatic hydroxyl groups is 1. The zero-order valence-corrected chi connectivity index (χ0v) is 20.5. The molecule has 3 aliphatic heterocycles. The lowest BCUT2D eigenvalue weighted by atomic mass is 9.71. The summed E-state index contributed by atoms with van der Waals surface area (Å²) in [5, 5.41) is 20.3.